The van der Waals surface area contributed by atoms with E-state index in [2.05, 4.69) is 5.32 Å². The van der Waals surface area contributed by atoms with E-state index in [-0.39, 0.29) is 12.5 Å². The second-order valence-electron chi connectivity index (χ2n) is 4.33. The Kier molecular flexibility index (Phi) is 5.40. The largest absolute Gasteiger partial charge is 0.397 e. The molecular weight excluding hydrogens is 254 g/mol. The molecule has 1 unspecified atom stereocenters. The lowest BCUT2D eigenvalue weighted by molar-refractivity contribution is -0.117. The lowest BCUT2D eigenvalue weighted by Crippen LogP contribution is -2.34. The minimum atomic E-state index is -0.473. The van der Waals surface area contributed by atoms with Crippen molar-refractivity contribution in [2.24, 2.45) is 0 Å². The summed E-state index contributed by atoms with van der Waals surface area (Å²) in [5.41, 5.74) is 6.68. The van der Waals surface area contributed by atoms with Crippen LogP contribution in [0.3, 0.4) is 0 Å². The average molecular weight is 272 g/mol. The smallest absolute Gasteiger partial charge is 0.238 e. The van der Waals surface area contributed by atoms with E-state index >= 15 is 0 Å². The van der Waals surface area contributed by atoms with E-state index in [0.717, 1.165) is 0 Å². The Balaban J connectivity index is 2.56. The molecule has 4 N–H and O–H groups in total. The number of nitrogens with zero attached hydrogens (tertiary/aromatic N) is 1. The zero-order chi connectivity index (χ0) is 13.7. The summed E-state index contributed by atoms with van der Waals surface area (Å²) < 4.78 is 0. The van der Waals surface area contributed by atoms with Gasteiger partial charge in [0, 0.05) is 11.6 Å². The first-order chi connectivity index (χ1) is 8.38. The van der Waals surface area contributed by atoms with Crippen LogP contribution < -0.4 is 11.1 Å². The fourth-order valence-electron chi connectivity index (χ4n) is 1.59. The van der Waals surface area contributed by atoms with Gasteiger partial charge in [0.1, 0.15) is 0 Å². The van der Waals surface area contributed by atoms with Crippen molar-refractivity contribution < 1.29 is 9.90 Å². The molecule has 1 rings (SSSR count). The van der Waals surface area contributed by atoms with Crippen LogP contribution in [0.4, 0.5) is 11.4 Å². The number of benzene rings is 1. The van der Waals surface area contributed by atoms with E-state index in [0.29, 0.717) is 22.9 Å². The molecule has 0 fully saturated rings. The fraction of sp³-hybridized carbons (Fsp3) is 0.417. The molecule has 0 bridgehead atoms. The molecule has 0 aliphatic rings. The number of nitrogens with two attached hydrogens (primary N) is 1. The highest BCUT2D eigenvalue weighted by Gasteiger charge is 2.10. The van der Waals surface area contributed by atoms with Crippen molar-refractivity contribution in [3.8, 4) is 0 Å². The van der Waals surface area contributed by atoms with Crippen molar-refractivity contribution in [3.05, 3.63) is 23.2 Å². The molecule has 100 valence electrons. The van der Waals surface area contributed by atoms with Crippen LogP contribution in [0.1, 0.15) is 6.92 Å². The van der Waals surface area contributed by atoms with Crippen molar-refractivity contribution in [2.45, 2.75) is 13.0 Å². The molecule has 0 radical (unpaired) electrons. The third kappa shape index (κ3) is 4.91. The predicted molar refractivity (Wildman–Crippen MR) is 73.7 cm³/mol. The number of rotatable bonds is 5. The maximum Gasteiger partial charge on any atom is 0.238 e. The third-order valence-corrected chi connectivity index (χ3v) is 2.51. The standard InChI is InChI=1S/C12H18ClN3O2/c1-8(17)6-16(2)7-12(18)15-11-5-9(13)3-4-10(11)14/h3-5,8,17H,6-7,14H2,1-2H3,(H,15,18). The second-order valence-corrected chi connectivity index (χ2v) is 4.76. The van der Waals surface area contributed by atoms with E-state index in [9.17, 15) is 9.90 Å². The highest BCUT2D eigenvalue weighted by atomic mass is 35.5. The minimum absolute atomic E-state index is 0.177. The number of nitrogens with one attached hydrogen (secondary N) is 1. The third-order valence-electron chi connectivity index (χ3n) is 2.28. The number of anilines is 2. The number of halogens is 1. The molecule has 0 aliphatic heterocycles. The highest BCUT2D eigenvalue weighted by molar-refractivity contribution is 6.31. The maximum atomic E-state index is 11.7. The molecule has 0 spiro atoms. The Morgan fingerprint density at radius 3 is 2.89 bits per heavy atom. The van der Waals surface area contributed by atoms with Crippen molar-refractivity contribution in [2.75, 3.05) is 31.2 Å². The van der Waals surface area contributed by atoms with Gasteiger partial charge in [0.15, 0.2) is 0 Å². The number of carbonyl (C=O) groups excluding carboxylic acids is 1. The molecule has 0 saturated carbocycles. The molecule has 1 aromatic carbocycles. The van der Waals surface area contributed by atoms with Crippen LogP contribution in [0.5, 0.6) is 0 Å². The summed E-state index contributed by atoms with van der Waals surface area (Å²) in [6.07, 6.45) is -0.473. The number of aliphatic hydroxyl groups excluding tert-OH is 1. The number of hydrogen-bond acceptors (Lipinski definition) is 4. The molecule has 5 nitrogen and oxygen atoms in total. The monoisotopic (exact) mass is 271 g/mol. The molecular formula is C12H18ClN3O2. The number of hydrogen-bond donors (Lipinski definition) is 3. The van der Waals surface area contributed by atoms with Crippen LogP contribution in [0.15, 0.2) is 18.2 Å². The van der Waals surface area contributed by atoms with Crippen molar-refractivity contribution in [1.82, 2.24) is 4.90 Å². The zero-order valence-corrected chi connectivity index (χ0v) is 11.2. The maximum absolute atomic E-state index is 11.7. The summed E-state index contributed by atoms with van der Waals surface area (Å²) >= 11 is 5.82. The summed E-state index contributed by atoms with van der Waals surface area (Å²) in [6.45, 7) is 2.28. The first kappa shape index (κ1) is 14.8. The van der Waals surface area contributed by atoms with E-state index < -0.39 is 6.10 Å². The summed E-state index contributed by atoms with van der Waals surface area (Å²) in [6, 6.07) is 4.90. The average Bonchev–Trinajstić information content (AvgIpc) is 2.21. The summed E-state index contributed by atoms with van der Waals surface area (Å²) in [5, 5.41) is 12.4. The molecule has 0 aromatic heterocycles. The van der Waals surface area contributed by atoms with Crippen LogP contribution in [0, 0.1) is 0 Å². The Hall–Kier alpha value is -1.30. The molecule has 18 heavy (non-hydrogen) atoms. The highest BCUT2D eigenvalue weighted by Crippen LogP contribution is 2.22. The lowest BCUT2D eigenvalue weighted by atomic mass is 10.2. The van der Waals surface area contributed by atoms with Crippen LogP contribution in [0.25, 0.3) is 0 Å². The van der Waals surface area contributed by atoms with Crippen molar-refractivity contribution in [3.63, 3.8) is 0 Å². The zero-order valence-electron chi connectivity index (χ0n) is 10.5. The van der Waals surface area contributed by atoms with Gasteiger partial charge in [-0.25, -0.2) is 0 Å². The molecule has 1 amide bonds. The normalized spacial score (nSPS) is 12.5. The summed E-state index contributed by atoms with van der Waals surface area (Å²) in [5.74, 6) is -0.202. The van der Waals surface area contributed by atoms with Gasteiger partial charge in [-0.15, -0.1) is 0 Å². The van der Waals surface area contributed by atoms with Crippen LogP contribution >= 0.6 is 11.6 Å². The Morgan fingerprint density at radius 2 is 2.28 bits per heavy atom. The van der Waals surface area contributed by atoms with Gasteiger partial charge >= 0.3 is 0 Å². The van der Waals surface area contributed by atoms with Gasteiger partial charge in [0.2, 0.25) is 5.91 Å². The molecule has 1 aromatic rings. The minimum Gasteiger partial charge on any atom is -0.397 e. The lowest BCUT2D eigenvalue weighted by Gasteiger charge is -2.18. The molecule has 0 aliphatic carbocycles. The van der Waals surface area contributed by atoms with E-state index in [1.165, 1.54) is 0 Å². The van der Waals surface area contributed by atoms with Crippen LogP contribution in [-0.4, -0.2) is 42.2 Å². The van der Waals surface area contributed by atoms with E-state index in [1.54, 1.807) is 37.1 Å². The second kappa shape index (κ2) is 6.58. The van der Waals surface area contributed by atoms with Gasteiger partial charge in [-0.3, -0.25) is 9.69 Å². The SMILES string of the molecule is CC(O)CN(C)CC(=O)Nc1cc(Cl)ccc1N. The number of likely N-dealkylation sites (N-methyl/N-ethyl adjacent to an activating group) is 1. The Labute approximate surface area is 112 Å². The van der Waals surface area contributed by atoms with Gasteiger partial charge in [0.25, 0.3) is 0 Å². The van der Waals surface area contributed by atoms with Gasteiger partial charge in [0.05, 0.1) is 24.0 Å². The van der Waals surface area contributed by atoms with Gasteiger partial charge < -0.3 is 16.2 Å². The van der Waals surface area contributed by atoms with Gasteiger partial charge in [-0.1, -0.05) is 11.6 Å². The Bertz CT molecular complexity index is 424. The molecule has 0 heterocycles. The summed E-state index contributed by atoms with van der Waals surface area (Å²) in [7, 11) is 1.76. The van der Waals surface area contributed by atoms with E-state index in [4.69, 9.17) is 17.3 Å². The Morgan fingerprint density at radius 1 is 1.61 bits per heavy atom. The van der Waals surface area contributed by atoms with Gasteiger partial charge in [-0.2, -0.15) is 0 Å². The predicted octanol–water partition coefficient (Wildman–Crippen LogP) is 1.17. The van der Waals surface area contributed by atoms with Crippen molar-refractivity contribution >= 4 is 28.9 Å². The fourth-order valence-corrected chi connectivity index (χ4v) is 1.76. The topological polar surface area (TPSA) is 78.6 Å². The van der Waals surface area contributed by atoms with Crippen molar-refractivity contribution in [1.29, 1.82) is 0 Å². The quantitative estimate of drug-likeness (QED) is 0.703. The van der Waals surface area contributed by atoms with E-state index in [1.807, 2.05) is 0 Å². The molecule has 0 saturated heterocycles. The van der Waals surface area contributed by atoms with Crippen LogP contribution in [0.2, 0.25) is 5.02 Å². The molecule has 6 heteroatoms. The molecule has 1 atom stereocenters. The summed E-state index contributed by atoms with van der Waals surface area (Å²) in [4.78, 5) is 13.5. The van der Waals surface area contributed by atoms with Gasteiger partial charge in [-0.05, 0) is 32.2 Å². The number of amides is 1. The number of aliphatic hydroxyl groups is 1. The van der Waals surface area contributed by atoms with Crippen LogP contribution in [-0.2, 0) is 4.79 Å². The number of carbonyl (C=O) groups is 1. The first-order valence-corrected chi connectivity index (χ1v) is 5.97. The number of nitrogen functional groups attached to an aromatic ring is 1. The first-order valence-electron chi connectivity index (χ1n) is 5.60.